The maximum absolute atomic E-state index is 12.5. The Bertz CT molecular complexity index is 1320. The standard InChI is InChI=1S/C20H15N5O4S/c26-18(10-25-19(27)13-3-1-2-4-14(13)23-24-25)22-20-21-15(11-30-20)12-5-6-16-17(9-12)29-8-7-28-16/h1-6,9,11H,7-8,10H2,(H,21,22,26). The van der Waals surface area contributed by atoms with Gasteiger partial charge in [-0.2, -0.15) is 0 Å². The van der Waals surface area contributed by atoms with E-state index in [0.717, 1.165) is 10.2 Å². The summed E-state index contributed by atoms with van der Waals surface area (Å²) in [6, 6.07) is 12.5. The molecule has 5 rings (SSSR count). The summed E-state index contributed by atoms with van der Waals surface area (Å²) in [4.78, 5) is 29.3. The van der Waals surface area contributed by atoms with E-state index in [1.54, 1.807) is 24.3 Å². The van der Waals surface area contributed by atoms with E-state index in [2.05, 4.69) is 20.6 Å². The summed E-state index contributed by atoms with van der Waals surface area (Å²) in [5, 5.41) is 13.2. The van der Waals surface area contributed by atoms with Crippen molar-refractivity contribution in [3.8, 4) is 22.8 Å². The molecule has 3 heterocycles. The van der Waals surface area contributed by atoms with Gasteiger partial charge in [-0.25, -0.2) is 9.67 Å². The molecule has 1 N–H and O–H groups in total. The second kappa shape index (κ2) is 7.56. The lowest BCUT2D eigenvalue weighted by Crippen LogP contribution is -2.30. The van der Waals surface area contributed by atoms with Gasteiger partial charge in [0, 0.05) is 10.9 Å². The van der Waals surface area contributed by atoms with Gasteiger partial charge in [-0.15, -0.1) is 16.4 Å². The van der Waals surface area contributed by atoms with Crippen LogP contribution in [-0.4, -0.2) is 39.1 Å². The summed E-state index contributed by atoms with van der Waals surface area (Å²) in [6.45, 7) is 0.783. The van der Waals surface area contributed by atoms with Crippen LogP contribution in [-0.2, 0) is 11.3 Å². The average molecular weight is 421 g/mol. The van der Waals surface area contributed by atoms with Crippen LogP contribution in [0.1, 0.15) is 0 Å². The number of benzene rings is 2. The first-order valence-electron chi connectivity index (χ1n) is 9.15. The van der Waals surface area contributed by atoms with Crippen LogP contribution in [0.15, 0.2) is 52.6 Å². The predicted octanol–water partition coefficient (Wildman–Crippen LogP) is 2.32. The van der Waals surface area contributed by atoms with E-state index in [1.807, 2.05) is 23.6 Å². The number of nitrogens with zero attached hydrogens (tertiary/aromatic N) is 4. The van der Waals surface area contributed by atoms with E-state index < -0.39 is 5.91 Å². The molecular formula is C20H15N5O4S. The van der Waals surface area contributed by atoms with E-state index in [-0.39, 0.29) is 12.1 Å². The normalized spacial score (nSPS) is 12.7. The van der Waals surface area contributed by atoms with Crippen molar-refractivity contribution in [2.24, 2.45) is 0 Å². The highest BCUT2D eigenvalue weighted by Gasteiger charge is 2.15. The molecule has 0 radical (unpaired) electrons. The predicted molar refractivity (Wildman–Crippen MR) is 111 cm³/mol. The first-order chi connectivity index (χ1) is 14.7. The van der Waals surface area contributed by atoms with E-state index in [9.17, 15) is 9.59 Å². The van der Waals surface area contributed by atoms with Gasteiger partial charge in [0.2, 0.25) is 5.91 Å². The zero-order valence-electron chi connectivity index (χ0n) is 15.6. The third-order valence-electron chi connectivity index (χ3n) is 4.51. The number of nitrogens with one attached hydrogen (secondary N) is 1. The van der Waals surface area contributed by atoms with Gasteiger partial charge in [0.05, 0.1) is 11.1 Å². The lowest BCUT2D eigenvalue weighted by Gasteiger charge is -2.18. The van der Waals surface area contributed by atoms with E-state index in [0.29, 0.717) is 46.4 Å². The van der Waals surface area contributed by atoms with Crippen molar-refractivity contribution in [2.45, 2.75) is 6.54 Å². The minimum atomic E-state index is -0.412. The average Bonchev–Trinajstić information content (AvgIpc) is 3.24. The van der Waals surface area contributed by atoms with Crippen molar-refractivity contribution in [3.63, 3.8) is 0 Å². The van der Waals surface area contributed by atoms with Crippen LogP contribution in [0.5, 0.6) is 11.5 Å². The summed E-state index contributed by atoms with van der Waals surface area (Å²) in [7, 11) is 0. The molecule has 2 aromatic heterocycles. The Morgan fingerprint density at radius 2 is 1.97 bits per heavy atom. The Hall–Kier alpha value is -3.79. The lowest BCUT2D eigenvalue weighted by atomic mass is 10.1. The van der Waals surface area contributed by atoms with Gasteiger partial charge in [0.25, 0.3) is 5.56 Å². The fourth-order valence-electron chi connectivity index (χ4n) is 3.09. The molecule has 150 valence electrons. The minimum absolute atomic E-state index is 0.254. The van der Waals surface area contributed by atoms with Gasteiger partial charge in [-0.05, 0) is 30.3 Å². The number of amides is 1. The first kappa shape index (κ1) is 18.3. The highest BCUT2D eigenvalue weighted by molar-refractivity contribution is 7.14. The fourth-order valence-corrected chi connectivity index (χ4v) is 3.82. The van der Waals surface area contributed by atoms with E-state index in [1.165, 1.54) is 11.3 Å². The maximum Gasteiger partial charge on any atom is 0.278 e. The monoisotopic (exact) mass is 421 g/mol. The second-order valence-electron chi connectivity index (χ2n) is 6.51. The number of hydrogen-bond donors (Lipinski definition) is 1. The van der Waals surface area contributed by atoms with Crippen LogP contribution in [0.2, 0.25) is 0 Å². The number of fused-ring (bicyclic) bond motifs is 2. The van der Waals surface area contributed by atoms with Gasteiger partial charge in [0.1, 0.15) is 25.3 Å². The molecule has 1 aliphatic heterocycles. The van der Waals surface area contributed by atoms with Crippen molar-refractivity contribution in [1.82, 2.24) is 20.0 Å². The van der Waals surface area contributed by atoms with E-state index >= 15 is 0 Å². The highest BCUT2D eigenvalue weighted by atomic mass is 32.1. The number of carbonyl (C=O) groups excluding carboxylic acids is 1. The second-order valence-corrected chi connectivity index (χ2v) is 7.37. The molecule has 0 aliphatic carbocycles. The summed E-state index contributed by atoms with van der Waals surface area (Å²) in [5.74, 6) is 0.965. The number of carbonyl (C=O) groups is 1. The number of hydrogen-bond acceptors (Lipinski definition) is 8. The Morgan fingerprint density at radius 3 is 2.87 bits per heavy atom. The zero-order chi connectivity index (χ0) is 20.5. The Kier molecular flexibility index (Phi) is 4.60. The molecule has 2 aromatic carbocycles. The summed E-state index contributed by atoms with van der Waals surface area (Å²) in [6.07, 6.45) is 0. The summed E-state index contributed by atoms with van der Waals surface area (Å²) in [5.41, 5.74) is 1.68. The van der Waals surface area contributed by atoms with Crippen LogP contribution in [0.4, 0.5) is 5.13 Å². The molecule has 0 saturated carbocycles. The van der Waals surface area contributed by atoms with Crippen molar-refractivity contribution >= 4 is 33.3 Å². The number of rotatable bonds is 4. The summed E-state index contributed by atoms with van der Waals surface area (Å²) >= 11 is 1.29. The van der Waals surface area contributed by atoms with Gasteiger partial charge >= 0.3 is 0 Å². The van der Waals surface area contributed by atoms with Crippen LogP contribution in [0.25, 0.3) is 22.2 Å². The molecule has 0 atom stereocenters. The Labute approximate surface area is 173 Å². The minimum Gasteiger partial charge on any atom is -0.486 e. The van der Waals surface area contributed by atoms with Gasteiger partial charge in [-0.3, -0.25) is 9.59 Å². The molecule has 10 heteroatoms. The van der Waals surface area contributed by atoms with E-state index in [4.69, 9.17) is 9.47 Å². The Morgan fingerprint density at radius 1 is 1.13 bits per heavy atom. The molecule has 0 bridgehead atoms. The van der Waals surface area contributed by atoms with Crippen LogP contribution in [0.3, 0.4) is 0 Å². The van der Waals surface area contributed by atoms with Crippen molar-refractivity contribution in [1.29, 1.82) is 0 Å². The Balaban J connectivity index is 1.31. The first-order valence-corrected chi connectivity index (χ1v) is 10.0. The van der Waals surface area contributed by atoms with Crippen molar-refractivity contribution in [3.05, 3.63) is 58.2 Å². The molecule has 0 unspecified atom stereocenters. The molecule has 0 spiro atoms. The lowest BCUT2D eigenvalue weighted by molar-refractivity contribution is -0.117. The molecule has 1 aliphatic rings. The molecular weight excluding hydrogens is 406 g/mol. The quantitative estimate of drug-likeness (QED) is 0.539. The molecule has 1 amide bonds. The highest BCUT2D eigenvalue weighted by Crippen LogP contribution is 2.35. The SMILES string of the molecule is O=C(Cn1nnc2ccccc2c1=O)Nc1nc(-c2ccc3c(c2)OCCO3)cs1. The molecule has 30 heavy (non-hydrogen) atoms. The third kappa shape index (κ3) is 3.48. The van der Waals surface area contributed by atoms with Gasteiger partial charge in [-0.1, -0.05) is 17.3 Å². The van der Waals surface area contributed by atoms with Crippen molar-refractivity contribution < 1.29 is 14.3 Å². The molecule has 0 saturated heterocycles. The van der Waals surface area contributed by atoms with Crippen LogP contribution < -0.4 is 20.3 Å². The number of ether oxygens (including phenoxy) is 2. The van der Waals surface area contributed by atoms with Crippen LogP contribution in [0, 0.1) is 0 Å². The van der Waals surface area contributed by atoms with Gasteiger partial charge < -0.3 is 14.8 Å². The molecule has 0 fully saturated rings. The van der Waals surface area contributed by atoms with Gasteiger partial charge in [0.15, 0.2) is 16.6 Å². The smallest absolute Gasteiger partial charge is 0.278 e. The fraction of sp³-hybridized carbons (Fsp3) is 0.150. The third-order valence-corrected chi connectivity index (χ3v) is 5.27. The number of thiazole rings is 1. The number of aromatic nitrogens is 4. The maximum atomic E-state index is 12.5. The largest absolute Gasteiger partial charge is 0.486 e. The van der Waals surface area contributed by atoms with Crippen LogP contribution >= 0.6 is 11.3 Å². The summed E-state index contributed by atoms with van der Waals surface area (Å²) < 4.78 is 12.2. The molecule has 4 aromatic rings. The van der Waals surface area contributed by atoms with Crippen molar-refractivity contribution in [2.75, 3.05) is 18.5 Å². The zero-order valence-corrected chi connectivity index (χ0v) is 16.4. The topological polar surface area (TPSA) is 108 Å². The number of anilines is 1. The molecule has 9 nitrogen and oxygen atoms in total.